The second-order valence-electron chi connectivity index (χ2n) is 3.74. The van der Waals surface area contributed by atoms with E-state index in [2.05, 4.69) is 4.74 Å². The second kappa shape index (κ2) is 5.27. The van der Waals surface area contributed by atoms with Gasteiger partial charge in [-0.05, 0) is 11.1 Å². The Bertz CT molecular complexity index is 380. The van der Waals surface area contributed by atoms with Gasteiger partial charge in [0, 0.05) is 0 Å². The third kappa shape index (κ3) is 2.63. The molecule has 1 aliphatic heterocycles. The number of aliphatic hydroxyl groups is 1. The van der Waals surface area contributed by atoms with Gasteiger partial charge in [-0.3, -0.25) is 0 Å². The smallest absolute Gasteiger partial charge is 0.339 e. The molecule has 1 aromatic rings. The number of carbonyl (C=O) groups is 1. The van der Waals surface area contributed by atoms with Crippen LogP contribution in [0.4, 0.5) is 0 Å². The molecular weight excluding hydrogens is 224 g/mol. The third-order valence-corrected chi connectivity index (χ3v) is 2.67. The highest BCUT2D eigenvalue weighted by Crippen LogP contribution is 2.24. The molecule has 0 amide bonds. The highest BCUT2D eigenvalue weighted by molar-refractivity contribution is 5.76. The van der Waals surface area contributed by atoms with Crippen molar-refractivity contribution in [1.82, 2.24) is 0 Å². The van der Waals surface area contributed by atoms with Gasteiger partial charge in [0.2, 0.25) is 0 Å². The summed E-state index contributed by atoms with van der Waals surface area (Å²) >= 11 is 0. The Kier molecular flexibility index (Phi) is 3.73. The van der Waals surface area contributed by atoms with E-state index in [4.69, 9.17) is 9.47 Å². The Labute approximate surface area is 98.9 Å². The summed E-state index contributed by atoms with van der Waals surface area (Å²) in [5, 5.41) is 9.61. The molecule has 2 atom stereocenters. The summed E-state index contributed by atoms with van der Waals surface area (Å²) in [6.07, 6.45) is -1.31. The Morgan fingerprint density at radius 2 is 2.18 bits per heavy atom. The van der Waals surface area contributed by atoms with Gasteiger partial charge in [0.1, 0.15) is 12.9 Å². The van der Waals surface area contributed by atoms with Gasteiger partial charge in [0.05, 0.1) is 13.7 Å². The summed E-state index contributed by atoms with van der Waals surface area (Å²) in [6, 6.07) is 6.97. The first-order valence-electron chi connectivity index (χ1n) is 5.27. The molecule has 1 saturated heterocycles. The minimum atomic E-state index is -1.24. The van der Waals surface area contributed by atoms with Crippen LogP contribution in [0.1, 0.15) is 23.3 Å². The van der Waals surface area contributed by atoms with E-state index in [9.17, 15) is 9.90 Å². The largest absolute Gasteiger partial charge is 0.467 e. The maximum atomic E-state index is 11.1. The molecule has 2 unspecified atom stereocenters. The Hall–Kier alpha value is -1.43. The highest BCUT2D eigenvalue weighted by atomic mass is 16.7. The van der Waals surface area contributed by atoms with Crippen molar-refractivity contribution in [2.45, 2.75) is 12.2 Å². The lowest BCUT2D eigenvalue weighted by atomic mass is 10.0. The average Bonchev–Trinajstić information content (AvgIpc) is 2.91. The zero-order chi connectivity index (χ0) is 12.3. The Morgan fingerprint density at radius 3 is 2.71 bits per heavy atom. The molecule has 1 aromatic carbocycles. The third-order valence-electron chi connectivity index (χ3n) is 2.67. The molecule has 5 heteroatoms. The number of hydrogen-bond acceptors (Lipinski definition) is 5. The molecule has 1 N–H and O–H groups in total. The number of ether oxygens (including phenoxy) is 3. The molecule has 92 valence electrons. The van der Waals surface area contributed by atoms with Crippen molar-refractivity contribution < 1.29 is 24.1 Å². The molecule has 2 rings (SSSR count). The van der Waals surface area contributed by atoms with E-state index < -0.39 is 12.1 Å². The number of esters is 1. The summed E-state index contributed by atoms with van der Waals surface area (Å²) in [5.74, 6) is -0.668. The summed E-state index contributed by atoms with van der Waals surface area (Å²) in [4.78, 5) is 11.1. The Balaban J connectivity index is 2.09. The maximum Gasteiger partial charge on any atom is 0.339 e. The molecule has 5 nitrogen and oxygen atoms in total. The fraction of sp³-hybridized carbons (Fsp3) is 0.417. The minimum absolute atomic E-state index is 0.0701. The summed E-state index contributed by atoms with van der Waals surface area (Å²) in [7, 11) is 1.24. The lowest BCUT2D eigenvalue weighted by Crippen LogP contribution is -2.13. The Morgan fingerprint density at radius 1 is 1.47 bits per heavy atom. The molecule has 0 bridgehead atoms. The quantitative estimate of drug-likeness (QED) is 0.794. The number of benzene rings is 1. The molecule has 0 aliphatic carbocycles. The van der Waals surface area contributed by atoms with E-state index in [0.717, 1.165) is 5.56 Å². The van der Waals surface area contributed by atoms with Crippen LogP contribution in [0, 0.1) is 0 Å². The summed E-state index contributed by atoms with van der Waals surface area (Å²) < 4.78 is 14.9. The van der Waals surface area contributed by atoms with Gasteiger partial charge in [0.15, 0.2) is 6.10 Å². The van der Waals surface area contributed by atoms with Crippen molar-refractivity contribution in [1.29, 1.82) is 0 Å². The van der Waals surface area contributed by atoms with Crippen molar-refractivity contribution in [2.24, 2.45) is 0 Å². The second-order valence-corrected chi connectivity index (χ2v) is 3.74. The van der Waals surface area contributed by atoms with E-state index in [0.29, 0.717) is 19.0 Å². The zero-order valence-electron chi connectivity index (χ0n) is 9.46. The normalized spacial score (nSPS) is 21.2. The van der Waals surface area contributed by atoms with Gasteiger partial charge in [-0.25, -0.2) is 4.79 Å². The standard InChI is InChI=1S/C12H14O5/c1-15-12(14)11(13)9-4-2-8(3-5-9)10-6-16-7-17-10/h2-5,10-11,13H,6-7H2,1H3. The van der Waals surface area contributed by atoms with Crippen LogP contribution < -0.4 is 0 Å². The number of hydrogen-bond donors (Lipinski definition) is 1. The average molecular weight is 238 g/mol. The number of aliphatic hydroxyl groups excluding tert-OH is 1. The molecule has 1 heterocycles. The zero-order valence-corrected chi connectivity index (χ0v) is 9.46. The summed E-state index contributed by atoms with van der Waals surface area (Å²) in [5.41, 5.74) is 1.46. The SMILES string of the molecule is COC(=O)C(O)c1ccc(C2COCO2)cc1. The molecule has 1 fully saturated rings. The molecular formula is C12H14O5. The number of methoxy groups -OCH3 is 1. The molecule has 1 aliphatic rings. The van der Waals surface area contributed by atoms with Crippen molar-refractivity contribution in [3.63, 3.8) is 0 Å². The molecule has 0 saturated carbocycles. The first-order chi connectivity index (χ1) is 8.22. The van der Waals surface area contributed by atoms with Crippen LogP contribution in [0.5, 0.6) is 0 Å². The van der Waals surface area contributed by atoms with Gasteiger partial charge in [-0.1, -0.05) is 24.3 Å². The van der Waals surface area contributed by atoms with Crippen LogP contribution in [-0.2, 0) is 19.0 Å². The van der Waals surface area contributed by atoms with Crippen molar-refractivity contribution in [3.05, 3.63) is 35.4 Å². The minimum Gasteiger partial charge on any atom is -0.467 e. The number of carbonyl (C=O) groups excluding carboxylic acids is 1. The van der Waals surface area contributed by atoms with Crippen LogP contribution in [0.2, 0.25) is 0 Å². The van der Waals surface area contributed by atoms with Gasteiger partial charge in [-0.15, -0.1) is 0 Å². The molecule has 0 radical (unpaired) electrons. The van der Waals surface area contributed by atoms with Crippen molar-refractivity contribution in [3.8, 4) is 0 Å². The van der Waals surface area contributed by atoms with E-state index in [1.54, 1.807) is 24.3 Å². The first-order valence-corrected chi connectivity index (χ1v) is 5.27. The van der Waals surface area contributed by atoms with Gasteiger partial charge in [-0.2, -0.15) is 0 Å². The molecule has 17 heavy (non-hydrogen) atoms. The lowest BCUT2D eigenvalue weighted by molar-refractivity contribution is -0.150. The van der Waals surface area contributed by atoms with Crippen LogP contribution >= 0.6 is 0 Å². The highest BCUT2D eigenvalue weighted by Gasteiger charge is 2.20. The number of rotatable bonds is 3. The molecule has 0 aromatic heterocycles. The fourth-order valence-corrected chi connectivity index (χ4v) is 1.67. The van der Waals surface area contributed by atoms with E-state index in [-0.39, 0.29) is 6.10 Å². The van der Waals surface area contributed by atoms with E-state index in [1.807, 2.05) is 0 Å². The van der Waals surface area contributed by atoms with Crippen LogP contribution in [0.25, 0.3) is 0 Å². The first kappa shape index (κ1) is 12.0. The van der Waals surface area contributed by atoms with Crippen LogP contribution in [0.3, 0.4) is 0 Å². The van der Waals surface area contributed by atoms with E-state index >= 15 is 0 Å². The lowest BCUT2D eigenvalue weighted by Gasteiger charge is -2.11. The molecule has 0 spiro atoms. The van der Waals surface area contributed by atoms with Gasteiger partial charge in [0.25, 0.3) is 0 Å². The topological polar surface area (TPSA) is 65.0 Å². The summed E-state index contributed by atoms with van der Waals surface area (Å²) in [6.45, 7) is 0.829. The monoisotopic (exact) mass is 238 g/mol. The van der Waals surface area contributed by atoms with E-state index in [1.165, 1.54) is 7.11 Å². The van der Waals surface area contributed by atoms with Crippen LogP contribution in [0.15, 0.2) is 24.3 Å². The van der Waals surface area contributed by atoms with Crippen molar-refractivity contribution in [2.75, 3.05) is 20.5 Å². The maximum absolute atomic E-state index is 11.1. The predicted molar refractivity (Wildman–Crippen MR) is 58.1 cm³/mol. The van der Waals surface area contributed by atoms with Crippen molar-refractivity contribution >= 4 is 5.97 Å². The van der Waals surface area contributed by atoms with Gasteiger partial charge >= 0.3 is 5.97 Å². The van der Waals surface area contributed by atoms with Crippen LogP contribution in [-0.4, -0.2) is 31.6 Å². The fourth-order valence-electron chi connectivity index (χ4n) is 1.67. The van der Waals surface area contributed by atoms with Gasteiger partial charge < -0.3 is 19.3 Å². The predicted octanol–water partition coefficient (Wildman–Crippen LogP) is 0.938.